The Kier molecular flexibility index (Phi) is 4.72. The second kappa shape index (κ2) is 7.18. The lowest BCUT2D eigenvalue weighted by molar-refractivity contribution is -0.133. The Labute approximate surface area is 159 Å². The molecule has 2 aliphatic rings. The first-order chi connectivity index (χ1) is 13.1. The van der Waals surface area contributed by atoms with E-state index in [0.29, 0.717) is 26.1 Å². The van der Waals surface area contributed by atoms with E-state index in [0.717, 1.165) is 30.7 Å². The predicted molar refractivity (Wildman–Crippen MR) is 102 cm³/mol. The van der Waals surface area contributed by atoms with E-state index in [4.69, 9.17) is 0 Å². The number of nitrogens with zero attached hydrogens (tertiary/aromatic N) is 3. The summed E-state index contributed by atoms with van der Waals surface area (Å²) in [5.41, 5.74) is 0.927. The minimum absolute atomic E-state index is 0.0716. The highest BCUT2D eigenvalue weighted by Gasteiger charge is 2.46. The maximum Gasteiger partial charge on any atom is 0.228 e. The lowest BCUT2D eigenvalue weighted by Gasteiger charge is -2.39. The number of imidazole rings is 1. The number of amides is 2. The van der Waals surface area contributed by atoms with E-state index in [1.807, 2.05) is 52.9 Å². The molecule has 0 radical (unpaired) electrons. The predicted octanol–water partition coefficient (Wildman–Crippen LogP) is 2.25. The maximum atomic E-state index is 12.6. The van der Waals surface area contributed by atoms with Crippen LogP contribution < -0.4 is 5.32 Å². The molecule has 1 N–H and O–H groups in total. The molecule has 1 aromatic carbocycles. The van der Waals surface area contributed by atoms with Gasteiger partial charge >= 0.3 is 0 Å². The van der Waals surface area contributed by atoms with Crippen molar-refractivity contribution < 1.29 is 9.59 Å². The number of aryl methyl sites for hydroxylation is 2. The molecule has 6 heteroatoms. The lowest BCUT2D eigenvalue weighted by atomic mass is 9.82. The van der Waals surface area contributed by atoms with Crippen molar-refractivity contribution in [1.82, 2.24) is 19.8 Å². The summed E-state index contributed by atoms with van der Waals surface area (Å²) in [5.74, 6) is 1.16. The van der Waals surface area contributed by atoms with E-state index < -0.39 is 0 Å². The van der Waals surface area contributed by atoms with Gasteiger partial charge in [-0.1, -0.05) is 30.3 Å². The number of aromatic nitrogens is 2. The summed E-state index contributed by atoms with van der Waals surface area (Å²) in [4.78, 5) is 31.2. The number of piperidine rings is 1. The fourth-order valence-electron chi connectivity index (χ4n) is 4.37. The number of carbonyl (C=O) groups excluding carboxylic acids is 2. The van der Waals surface area contributed by atoms with E-state index in [-0.39, 0.29) is 23.3 Å². The van der Waals surface area contributed by atoms with Gasteiger partial charge in [-0.05, 0) is 31.7 Å². The highest BCUT2D eigenvalue weighted by atomic mass is 16.2. The van der Waals surface area contributed by atoms with Crippen LogP contribution in [0.15, 0.2) is 42.7 Å². The molecule has 3 heterocycles. The molecule has 6 nitrogen and oxygen atoms in total. The first-order valence-corrected chi connectivity index (χ1v) is 9.69. The average molecular weight is 366 g/mol. The number of hydrogen-bond acceptors (Lipinski definition) is 3. The molecule has 4 rings (SSSR count). The molecule has 2 saturated heterocycles. The molecule has 1 atom stereocenters. The van der Waals surface area contributed by atoms with Gasteiger partial charge in [0.2, 0.25) is 11.8 Å². The van der Waals surface area contributed by atoms with Gasteiger partial charge in [0.05, 0.1) is 5.92 Å². The largest absolute Gasteiger partial charge is 0.350 e. The fraction of sp³-hybridized carbons (Fsp3) is 0.476. The number of benzene rings is 1. The SMILES string of the molecule is Cc1nccn1CCC(=O)N1CCC2(CC1)CC(c1ccccc1)C(=O)N2. The number of nitrogens with one attached hydrogen (secondary N) is 1. The first kappa shape index (κ1) is 17.8. The molecular weight excluding hydrogens is 340 g/mol. The van der Waals surface area contributed by atoms with E-state index >= 15 is 0 Å². The van der Waals surface area contributed by atoms with Gasteiger partial charge in [-0.15, -0.1) is 0 Å². The van der Waals surface area contributed by atoms with Crippen LogP contribution in [-0.2, 0) is 16.1 Å². The number of rotatable bonds is 4. The van der Waals surface area contributed by atoms with Crippen molar-refractivity contribution in [2.75, 3.05) is 13.1 Å². The second-order valence-corrected chi connectivity index (χ2v) is 7.74. The van der Waals surface area contributed by atoms with Gasteiger partial charge in [-0.2, -0.15) is 0 Å². The van der Waals surface area contributed by atoms with Crippen LogP contribution >= 0.6 is 0 Å². The highest BCUT2D eigenvalue weighted by molar-refractivity contribution is 5.87. The summed E-state index contributed by atoms with van der Waals surface area (Å²) in [6, 6.07) is 10.00. The van der Waals surface area contributed by atoms with Crippen molar-refractivity contribution in [1.29, 1.82) is 0 Å². The van der Waals surface area contributed by atoms with Gasteiger partial charge in [0.15, 0.2) is 0 Å². The molecule has 1 aromatic heterocycles. The molecule has 2 amide bonds. The van der Waals surface area contributed by atoms with Crippen LogP contribution in [-0.4, -0.2) is 44.9 Å². The maximum absolute atomic E-state index is 12.6. The fourth-order valence-corrected chi connectivity index (χ4v) is 4.37. The molecular formula is C21H26N4O2. The Bertz CT molecular complexity index is 822. The number of likely N-dealkylation sites (tertiary alicyclic amines) is 1. The van der Waals surface area contributed by atoms with Crippen molar-refractivity contribution >= 4 is 11.8 Å². The molecule has 0 saturated carbocycles. The van der Waals surface area contributed by atoms with Crippen molar-refractivity contribution in [2.45, 2.75) is 50.6 Å². The topological polar surface area (TPSA) is 67.2 Å². The summed E-state index contributed by atoms with van der Waals surface area (Å²) >= 11 is 0. The molecule has 1 unspecified atom stereocenters. The smallest absolute Gasteiger partial charge is 0.228 e. The minimum atomic E-state index is -0.157. The zero-order valence-electron chi connectivity index (χ0n) is 15.7. The summed E-state index contributed by atoms with van der Waals surface area (Å²) in [5, 5.41) is 3.25. The molecule has 0 bridgehead atoms. The molecule has 2 aromatic rings. The Morgan fingerprint density at radius 2 is 2.00 bits per heavy atom. The van der Waals surface area contributed by atoms with Crippen LogP contribution in [0.25, 0.3) is 0 Å². The Hall–Kier alpha value is -2.63. The van der Waals surface area contributed by atoms with E-state index in [1.54, 1.807) is 6.20 Å². The zero-order chi connectivity index (χ0) is 18.9. The van der Waals surface area contributed by atoms with E-state index in [1.165, 1.54) is 0 Å². The Balaban J connectivity index is 1.33. The van der Waals surface area contributed by atoms with Crippen LogP contribution in [0.4, 0.5) is 0 Å². The van der Waals surface area contributed by atoms with Gasteiger partial charge in [0, 0.05) is 44.0 Å². The van der Waals surface area contributed by atoms with Crippen LogP contribution in [0.3, 0.4) is 0 Å². The van der Waals surface area contributed by atoms with Crippen LogP contribution in [0, 0.1) is 6.92 Å². The summed E-state index contributed by atoms with van der Waals surface area (Å²) < 4.78 is 2.00. The van der Waals surface area contributed by atoms with Gasteiger partial charge < -0.3 is 14.8 Å². The Morgan fingerprint density at radius 1 is 1.26 bits per heavy atom. The quantitative estimate of drug-likeness (QED) is 0.902. The van der Waals surface area contributed by atoms with Crippen molar-refractivity contribution in [3.8, 4) is 0 Å². The molecule has 142 valence electrons. The number of carbonyl (C=O) groups is 2. The summed E-state index contributed by atoms with van der Waals surface area (Å²) in [6.45, 7) is 4.03. The zero-order valence-corrected chi connectivity index (χ0v) is 15.7. The monoisotopic (exact) mass is 366 g/mol. The third kappa shape index (κ3) is 3.61. The normalized spacial score (nSPS) is 21.4. The van der Waals surface area contributed by atoms with Gasteiger partial charge in [0.25, 0.3) is 0 Å². The van der Waals surface area contributed by atoms with E-state index in [2.05, 4.69) is 10.3 Å². The molecule has 2 fully saturated rings. The van der Waals surface area contributed by atoms with Gasteiger partial charge in [-0.3, -0.25) is 9.59 Å². The third-order valence-electron chi connectivity index (χ3n) is 6.07. The molecule has 0 aliphatic carbocycles. The van der Waals surface area contributed by atoms with Gasteiger partial charge in [-0.25, -0.2) is 4.98 Å². The average Bonchev–Trinajstić information content (AvgIpc) is 3.24. The summed E-state index contributed by atoms with van der Waals surface area (Å²) in [7, 11) is 0. The van der Waals surface area contributed by atoms with Crippen LogP contribution in [0.2, 0.25) is 0 Å². The highest BCUT2D eigenvalue weighted by Crippen LogP contribution is 2.39. The molecule has 1 spiro atoms. The Morgan fingerprint density at radius 3 is 2.67 bits per heavy atom. The van der Waals surface area contributed by atoms with Crippen molar-refractivity contribution in [3.63, 3.8) is 0 Å². The third-order valence-corrected chi connectivity index (χ3v) is 6.07. The molecule has 2 aliphatic heterocycles. The van der Waals surface area contributed by atoms with E-state index in [9.17, 15) is 9.59 Å². The minimum Gasteiger partial charge on any atom is -0.350 e. The van der Waals surface area contributed by atoms with Gasteiger partial charge in [0.1, 0.15) is 5.82 Å². The van der Waals surface area contributed by atoms with Crippen LogP contribution in [0.1, 0.15) is 43.0 Å². The second-order valence-electron chi connectivity index (χ2n) is 7.74. The standard InChI is InChI=1S/C21H26N4O2/c1-16-22-10-14-24(16)11-7-19(26)25-12-8-21(9-13-25)15-18(20(27)23-21)17-5-3-2-4-6-17/h2-6,10,14,18H,7-9,11-13,15H2,1H3,(H,23,27). The van der Waals surface area contributed by atoms with Crippen molar-refractivity contribution in [2.24, 2.45) is 0 Å². The molecule has 27 heavy (non-hydrogen) atoms. The number of hydrogen-bond donors (Lipinski definition) is 1. The van der Waals surface area contributed by atoms with Crippen molar-refractivity contribution in [3.05, 3.63) is 54.1 Å². The summed E-state index contributed by atoms with van der Waals surface area (Å²) in [6.07, 6.45) is 6.65. The lowest BCUT2D eigenvalue weighted by Crippen LogP contribution is -2.52. The van der Waals surface area contributed by atoms with Crippen LogP contribution in [0.5, 0.6) is 0 Å². The first-order valence-electron chi connectivity index (χ1n) is 9.69.